The van der Waals surface area contributed by atoms with Gasteiger partial charge in [0.15, 0.2) is 0 Å². The van der Waals surface area contributed by atoms with Gasteiger partial charge in [0.1, 0.15) is 11.5 Å². The molecule has 1 aromatic heterocycles. The number of benzene rings is 2. The van der Waals surface area contributed by atoms with Crippen LogP contribution in [0, 0.1) is 5.41 Å². The number of carbonyl (C=O) groups excluding carboxylic acids is 1. The third-order valence-electron chi connectivity index (χ3n) is 7.45. The zero-order valence-corrected chi connectivity index (χ0v) is 19.0. The quantitative estimate of drug-likeness (QED) is 0.353. The van der Waals surface area contributed by atoms with E-state index < -0.39 is 0 Å². The molecule has 6 heteroatoms. The highest BCUT2D eigenvalue weighted by Gasteiger charge is 2.26. The number of hydrogen-bond donors (Lipinski definition) is 4. The fourth-order valence-electron chi connectivity index (χ4n) is 5.59. The van der Waals surface area contributed by atoms with Crippen LogP contribution < -0.4 is 16.8 Å². The highest BCUT2D eigenvalue weighted by atomic mass is 16.2. The molecule has 0 spiro atoms. The topological polar surface area (TPSA) is 110 Å². The van der Waals surface area contributed by atoms with Crippen molar-refractivity contribution < 1.29 is 4.79 Å². The van der Waals surface area contributed by atoms with E-state index in [1.54, 1.807) is 0 Å². The number of carbonyl (C=O) groups is 1. The van der Waals surface area contributed by atoms with Gasteiger partial charge >= 0.3 is 0 Å². The van der Waals surface area contributed by atoms with Crippen molar-refractivity contribution in [3.05, 3.63) is 70.9 Å². The molecule has 2 aromatic carbocycles. The van der Waals surface area contributed by atoms with Crippen LogP contribution in [0.1, 0.15) is 71.6 Å². The molecule has 2 aliphatic rings. The minimum atomic E-state index is -0.0276. The molecule has 1 saturated carbocycles. The molecular weight excluding hydrogens is 410 g/mol. The molecule has 0 radical (unpaired) electrons. The van der Waals surface area contributed by atoms with E-state index in [2.05, 4.69) is 34.1 Å². The lowest BCUT2D eigenvalue weighted by atomic mass is 9.83. The van der Waals surface area contributed by atoms with Crippen molar-refractivity contribution >= 4 is 22.6 Å². The van der Waals surface area contributed by atoms with Gasteiger partial charge in [0.2, 0.25) is 0 Å². The molecule has 1 fully saturated rings. The molecule has 1 heterocycles. The average Bonchev–Trinajstić information content (AvgIpc) is 3.18. The Morgan fingerprint density at radius 2 is 1.85 bits per heavy atom. The molecule has 1 atom stereocenters. The van der Waals surface area contributed by atoms with Crippen LogP contribution in [0.25, 0.3) is 10.9 Å². The Bertz CT molecular complexity index is 1190. The second kappa shape index (κ2) is 9.02. The summed E-state index contributed by atoms with van der Waals surface area (Å²) in [6.45, 7) is 0.736. The first-order chi connectivity index (χ1) is 16.0. The minimum absolute atomic E-state index is 0.0276. The van der Waals surface area contributed by atoms with Crippen molar-refractivity contribution in [3.8, 4) is 0 Å². The zero-order valence-electron chi connectivity index (χ0n) is 19.0. The van der Waals surface area contributed by atoms with Gasteiger partial charge in [-0.3, -0.25) is 10.2 Å². The van der Waals surface area contributed by atoms with Crippen LogP contribution in [0.15, 0.2) is 48.5 Å². The number of aromatic nitrogens is 1. The van der Waals surface area contributed by atoms with Crippen LogP contribution in [0.3, 0.4) is 0 Å². The molecule has 0 saturated heterocycles. The number of aryl methyl sites for hydroxylation is 1. The van der Waals surface area contributed by atoms with Gasteiger partial charge in [-0.2, -0.15) is 0 Å². The molecule has 172 valence electrons. The Balaban J connectivity index is 1.51. The molecule has 5 rings (SSSR count). The highest BCUT2D eigenvalue weighted by molar-refractivity contribution is 6.02. The first-order valence-corrected chi connectivity index (χ1v) is 12.1. The van der Waals surface area contributed by atoms with E-state index in [4.69, 9.17) is 16.9 Å². The molecule has 3 aromatic rings. The predicted molar refractivity (Wildman–Crippen MR) is 133 cm³/mol. The molecule has 33 heavy (non-hydrogen) atoms. The lowest BCUT2D eigenvalue weighted by molar-refractivity contribution is 0.0916. The summed E-state index contributed by atoms with van der Waals surface area (Å²) in [6.07, 6.45) is 7.14. The minimum Gasteiger partial charge on any atom is -0.384 e. The summed E-state index contributed by atoms with van der Waals surface area (Å²) in [7, 11) is 0. The summed E-state index contributed by atoms with van der Waals surface area (Å²) < 4.78 is 2.15. The van der Waals surface area contributed by atoms with E-state index in [-0.39, 0.29) is 23.8 Å². The maximum atomic E-state index is 13.5. The molecule has 1 amide bonds. The third-order valence-corrected chi connectivity index (χ3v) is 7.45. The largest absolute Gasteiger partial charge is 0.384 e. The second-order valence-corrected chi connectivity index (χ2v) is 9.70. The summed E-state index contributed by atoms with van der Waals surface area (Å²) >= 11 is 0. The van der Waals surface area contributed by atoms with E-state index >= 15 is 0 Å². The van der Waals surface area contributed by atoms with Gasteiger partial charge < -0.3 is 21.4 Å². The standard InChI is InChI=1S/C27H33N5O/c28-21-10-12-22(13-11-21)31-27(33)25-14-18-8-9-19(26(29)30)15-24(18)32(25)16-20-6-3-5-17-4-1-2-7-23(17)20/h1-2,4,7-9,14-15,20-22H,3,5-6,10-13,16,28H2,(H3,29,30)(H,31,33)/t20-,21-,22-/m1/s1. The summed E-state index contributed by atoms with van der Waals surface area (Å²) in [5.41, 5.74) is 17.0. The molecule has 0 aliphatic heterocycles. The number of nitrogen functional groups attached to an aromatic ring is 1. The molecule has 0 unspecified atom stereocenters. The Morgan fingerprint density at radius 3 is 2.64 bits per heavy atom. The van der Waals surface area contributed by atoms with Crippen LogP contribution in [-0.2, 0) is 13.0 Å². The van der Waals surface area contributed by atoms with Crippen molar-refractivity contribution in [1.82, 2.24) is 9.88 Å². The molecule has 6 N–H and O–H groups in total. The van der Waals surface area contributed by atoms with E-state index in [9.17, 15) is 4.79 Å². The van der Waals surface area contributed by atoms with Gasteiger partial charge in [-0.05, 0) is 68.2 Å². The first kappa shape index (κ1) is 21.7. The normalized spacial score (nSPS) is 22.6. The SMILES string of the molecule is N=C(N)c1ccc2cc(C(=O)N[C@H]3CC[C@H](N)CC3)n(C[C@H]3CCCc4ccccc43)c2c1. The number of nitrogens with two attached hydrogens (primary N) is 2. The number of amides is 1. The van der Waals surface area contributed by atoms with E-state index in [0.717, 1.165) is 62.4 Å². The Morgan fingerprint density at radius 1 is 1.06 bits per heavy atom. The van der Waals surface area contributed by atoms with Gasteiger partial charge in [-0.25, -0.2) is 0 Å². The van der Waals surface area contributed by atoms with Gasteiger partial charge in [0.25, 0.3) is 5.91 Å². The van der Waals surface area contributed by atoms with E-state index in [0.29, 0.717) is 17.2 Å². The van der Waals surface area contributed by atoms with Gasteiger partial charge in [0.05, 0.1) is 0 Å². The van der Waals surface area contributed by atoms with Crippen LogP contribution in [0.5, 0.6) is 0 Å². The Labute approximate surface area is 194 Å². The van der Waals surface area contributed by atoms with Crippen molar-refractivity contribution in [1.29, 1.82) is 5.41 Å². The number of nitrogens with zero attached hydrogens (tertiary/aromatic N) is 1. The molecular formula is C27H33N5O. The van der Waals surface area contributed by atoms with Gasteiger partial charge in [0, 0.05) is 41.0 Å². The van der Waals surface area contributed by atoms with Crippen molar-refractivity contribution in [3.63, 3.8) is 0 Å². The van der Waals surface area contributed by atoms with E-state index in [1.807, 2.05) is 24.3 Å². The maximum Gasteiger partial charge on any atom is 0.268 e. The van der Waals surface area contributed by atoms with Crippen molar-refractivity contribution in [2.24, 2.45) is 11.5 Å². The number of rotatable bonds is 5. The Kier molecular flexibility index (Phi) is 5.94. The number of hydrogen-bond acceptors (Lipinski definition) is 3. The second-order valence-electron chi connectivity index (χ2n) is 9.70. The summed E-state index contributed by atoms with van der Waals surface area (Å²) in [5, 5.41) is 12.2. The zero-order chi connectivity index (χ0) is 22.9. The summed E-state index contributed by atoms with van der Waals surface area (Å²) in [5.74, 6) is 0.364. The third kappa shape index (κ3) is 4.40. The first-order valence-electron chi connectivity index (χ1n) is 12.1. The monoisotopic (exact) mass is 443 g/mol. The molecule has 0 bridgehead atoms. The smallest absolute Gasteiger partial charge is 0.268 e. The lowest BCUT2D eigenvalue weighted by Gasteiger charge is -2.28. The summed E-state index contributed by atoms with van der Waals surface area (Å²) in [6, 6.07) is 16.9. The number of amidine groups is 1. The van der Waals surface area contributed by atoms with Crippen molar-refractivity contribution in [2.45, 2.75) is 69.5 Å². The fraction of sp³-hybridized carbons (Fsp3) is 0.407. The average molecular weight is 444 g/mol. The van der Waals surface area contributed by atoms with Crippen LogP contribution in [0.4, 0.5) is 0 Å². The lowest BCUT2D eigenvalue weighted by Crippen LogP contribution is -2.41. The van der Waals surface area contributed by atoms with Gasteiger partial charge in [-0.1, -0.05) is 36.4 Å². The van der Waals surface area contributed by atoms with Crippen LogP contribution in [0.2, 0.25) is 0 Å². The fourth-order valence-corrected chi connectivity index (χ4v) is 5.59. The van der Waals surface area contributed by atoms with Crippen LogP contribution >= 0.6 is 0 Å². The predicted octanol–water partition coefficient (Wildman–Crippen LogP) is 4.05. The van der Waals surface area contributed by atoms with Crippen LogP contribution in [-0.4, -0.2) is 28.4 Å². The Hall–Kier alpha value is -3.12. The van der Waals surface area contributed by atoms with Gasteiger partial charge in [-0.15, -0.1) is 0 Å². The number of nitrogens with one attached hydrogen (secondary N) is 2. The summed E-state index contributed by atoms with van der Waals surface area (Å²) in [4.78, 5) is 13.5. The molecule has 6 nitrogen and oxygen atoms in total. The highest BCUT2D eigenvalue weighted by Crippen LogP contribution is 2.34. The maximum absolute atomic E-state index is 13.5. The number of fused-ring (bicyclic) bond motifs is 2. The molecule has 2 aliphatic carbocycles. The van der Waals surface area contributed by atoms with Crippen molar-refractivity contribution in [2.75, 3.05) is 0 Å². The van der Waals surface area contributed by atoms with E-state index in [1.165, 1.54) is 11.1 Å².